The predicted molar refractivity (Wildman–Crippen MR) is 87.3 cm³/mol. The standard InChI is InChI=1S/C16H18FN3O4/c1-5-24-15(22)12-13(19(3)16(23)20(4)14(12)21)18-11-7-6-9(2)8-10(11)17/h6-8,18H,5H2,1-4H3. The molecule has 2 aromatic rings. The van der Waals surface area contributed by atoms with Crippen molar-refractivity contribution >= 4 is 17.5 Å². The van der Waals surface area contributed by atoms with Gasteiger partial charge < -0.3 is 10.1 Å². The third-order valence-electron chi connectivity index (χ3n) is 3.52. The van der Waals surface area contributed by atoms with E-state index in [0.717, 1.165) is 9.13 Å². The fourth-order valence-electron chi connectivity index (χ4n) is 2.23. The van der Waals surface area contributed by atoms with Crippen LogP contribution in [0.1, 0.15) is 22.8 Å². The van der Waals surface area contributed by atoms with E-state index in [2.05, 4.69) is 5.32 Å². The number of ether oxygens (including phenoxy) is 1. The molecule has 8 heteroatoms. The van der Waals surface area contributed by atoms with Gasteiger partial charge in [0.25, 0.3) is 5.56 Å². The van der Waals surface area contributed by atoms with E-state index in [-0.39, 0.29) is 23.7 Å². The number of hydrogen-bond acceptors (Lipinski definition) is 5. The van der Waals surface area contributed by atoms with E-state index >= 15 is 0 Å². The van der Waals surface area contributed by atoms with Gasteiger partial charge >= 0.3 is 11.7 Å². The van der Waals surface area contributed by atoms with Gasteiger partial charge in [-0.25, -0.2) is 14.0 Å². The lowest BCUT2D eigenvalue weighted by molar-refractivity contribution is 0.0523. The molecule has 0 atom stereocenters. The maximum Gasteiger partial charge on any atom is 0.347 e. The zero-order valence-electron chi connectivity index (χ0n) is 13.8. The van der Waals surface area contributed by atoms with Gasteiger partial charge in [-0.15, -0.1) is 0 Å². The quantitative estimate of drug-likeness (QED) is 0.855. The topological polar surface area (TPSA) is 82.3 Å². The number of hydrogen-bond donors (Lipinski definition) is 1. The molecule has 0 saturated carbocycles. The Bertz CT molecular complexity index is 915. The molecule has 1 N–H and O–H groups in total. The second-order valence-electron chi connectivity index (χ2n) is 5.26. The van der Waals surface area contributed by atoms with Gasteiger partial charge in [0.2, 0.25) is 0 Å². The highest BCUT2D eigenvalue weighted by Crippen LogP contribution is 2.21. The van der Waals surface area contributed by atoms with Crippen LogP contribution in [0.15, 0.2) is 27.8 Å². The van der Waals surface area contributed by atoms with E-state index in [9.17, 15) is 18.8 Å². The Labute approximate surface area is 137 Å². The van der Waals surface area contributed by atoms with Crippen LogP contribution in [0.5, 0.6) is 0 Å². The number of esters is 1. The minimum Gasteiger partial charge on any atom is -0.462 e. The predicted octanol–water partition coefficient (Wildman–Crippen LogP) is 1.45. The number of benzene rings is 1. The fourth-order valence-corrected chi connectivity index (χ4v) is 2.23. The Morgan fingerprint density at radius 2 is 1.92 bits per heavy atom. The van der Waals surface area contributed by atoms with E-state index in [1.54, 1.807) is 19.9 Å². The number of aromatic nitrogens is 2. The summed E-state index contributed by atoms with van der Waals surface area (Å²) in [5.41, 5.74) is -1.08. The van der Waals surface area contributed by atoms with Gasteiger partial charge in [0.05, 0.1) is 12.3 Å². The van der Waals surface area contributed by atoms with Crippen molar-refractivity contribution in [3.05, 3.63) is 56.0 Å². The number of nitrogens with zero attached hydrogens (tertiary/aromatic N) is 2. The first-order valence-electron chi connectivity index (χ1n) is 7.28. The van der Waals surface area contributed by atoms with Crippen LogP contribution in [0, 0.1) is 12.7 Å². The lowest BCUT2D eigenvalue weighted by Gasteiger charge is -2.16. The third-order valence-corrected chi connectivity index (χ3v) is 3.52. The summed E-state index contributed by atoms with van der Waals surface area (Å²) in [5, 5.41) is 2.66. The minimum atomic E-state index is -0.885. The Morgan fingerprint density at radius 3 is 2.50 bits per heavy atom. The molecule has 1 aromatic heterocycles. The van der Waals surface area contributed by atoms with Crippen LogP contribution in [-0.4, -0.2) is 21.7 Å². The van der Waals surface area contributed by atoms with E-state index in [0.29, 0.717) is 5.56 Å². The summed E-state index contributed by atoms with van der Waals surface area (Å²) >= 11 is 0. The Morgan fingerprint density at radius 1 is 1.25 bits per heavy atom. The summed E-state index contributed by atoms with van der Waals surface area (Å²) in [6.07, 6.45) is 0. The Kier molecular flexibility index (Phi) is 4.87. The van der Waals surface area contributed by atoms with Gasteiger partial charge in [-0.05, 0) is 31.5 Å². The highest BCUT2D eigenvalue weighted by Gasteiger charge is 2.23. The molecule has 128 valence electrons. The maximum absolute atomic E-state index is 14.1. The van der Waals surface area contributed by atoms with E-state index in [1.807, 2.05) is 0 Å². The normalized spacial score (nSPS) is 10.5. The molecule has 0 fully saturated rings. The first-order chi connectivity index (χ1) is 11.3. The summed E-state index contributed by atoms with van der Waals surface area (Å²) < 4.78 is 20.8. The largest absolute Gasteiger partial charge is 0.462 e. The lowest BCUT2D eigenvalue weighted by Crippen LogP contribution is -2.41. The highest BCUT2D eigenvalue weighted by molar-refractivity contribution is 5.95. The molecule has 0 aliphatic carbocycles. The summed E-state index contributed by atoms with van der Waals surface area (Å²) in [6.45, 7) is 3.38. The number of anilines is 2. The summed E-state index contributed by atoms with van der Waals surface area (Å²) in [5.74, 6) is -1.58. The van der Waals surface area contributed by atoms with Crippen molar-refractivity contribution in [2.75, 3.05) is 11.9 Å². The van der Waals surface area contributed by atoms with E-state index in [4.69, 9.17) is 4.74 Å². The SMILES string of the molecule is CCOC(=O)c1c(Nc2ccc(C)cc2F)n(C)c(=O)n(C)c1=O. The molecule has 1 aromatic carbocycles. The number of nitrogens with one attached hydrogen (secondary N) is 1. The number of carbonyl (C=O) groups is 1. The smallest absolute Gasteiger partial charge is 0.347 e. The Balaban J connectivity index is 2.69. The van der Waals surface area contributed by atoms with Crippen LogP contribution in [0.4, 0.5) is 15.9 Å². The molecule has 0 bridgehead atoms. The van der Waals surface area contributed by atoms with Crippen molar-refractivity contribution in [2.45, 2.75) is 13.8 Å². The van der Waals surface area contributed by atoms with Gasteiger partial charge in [-0.3, -0.25) is 13.9 Å². The molecule has 24 heavy (non-hydrogen) atoms. The van der Waals surface area contributed by atoms with Crippen LogP contribution in [0.25, 0.3) is 0 Å². The minimum absolute atomic E-state index is 0.0365. The van der Waals surface area contributed by atoms with Gasteiger partial charge in [-0.1, -0.05) is 6.07 Å². The van der Waals surface area contributed by atoms with Crippen molar-refractivity contribution in [3.63, 3.8) is 0 Å². The molecule has 2 rings (SSSR count). The van der Waals surface area contributed by atoms with E-state index in [1.165, 1.54) is 26.2 Å². The number of rotatable bonds is 4. The summed E-state index contributed by atoms with van der Waals surface area (Å²) in [4.78, 5) is 36.6. The van der Waals surface area contributed by atoms with Crippen LogP contribution in [-0.2, 0) is 18.8 Å². The van der Waals surface area contributed by atoms with Crippen molar-refractivity contribution in [1.82, 2.24) is 9.13 Å². The van der Waals surface area contributed by atoms with Gasteiger partial charge in [-0.2, -0.15) is 0 Å². The van der Waals surface area contributed by atoms with Crippen molar-refractivity contribution in [3.8, 4) is 0 Å². The molecule has 1 heterocycles. The second kappa shape index (κ2) is 6.69. The van der Waals surface area contributed by atoms with Crippen molar-refractivity contribution < 1.29 is 13.9 Å². The highest BCUT2D eigenvalue weighted by atomic mass is 19.1. The molecule has 0 spiro atoms. The van der Waals surface area contributed by atoms with Crippen molar-refractivity contribution in [1.29, 1.82) is 0 Å². The summed E-state index contributed by atoms with van der Waals surface area (Å²) in [7, 11) is 2.63. The maximum atomic E-state index is 14.1. The molecule has 7 nitrogen and oxygen atoms in total. The van der Waals surface area contributed by atoms with Gasteiger partial charge in [0.1, 0.15) is 11.6 Å². The van der Waals surface area contributed by atoms with E-state index < -0.39 is 23.0 Å². The van der Waals surface area contributed by atoms with Crippen LogP contribution >= 0.6 is 0 Å². The first kappa shape index (κ1) is 17.5. The lowest BCUT2D eigenvalue weighted by atomic mass is 10.2. The Hall–Kier alpha value is -2.90. The average Bonchev–Trinajstić information content (AvgIpc) is 2.53. The summed E-state index contributed by atoms with van der Waals surface area (Å²) in [6, 6.07) is 4.42. The number of halogens is 1. The average molecular weight is 335 g/mol. The van der Waals surface area contributed by atoms with Crippen molar-refractivity contribution in [2.24, 2.45) is 14.1 Å². The third kappa shape index (κ3) is 3.08. The van der Waals surface area contributed by atoms with Crippen LogP contribution < -0.4 is 16.6 Å². The monoisotopic (exact) mass is 335 g/mol. The zero-order chi connectivity index (χ0) is 18.0. The first-order valence-corrected chi connectivity index (χ1v) is 7.28. The number of aryl methyl sites for hydroxylation is 1. The molecular formula is C16H18FN3O4. The molecule has 0 aliphatic heterocycles. The van der Waals surface area contributed by atoms with Crippen LogP contribution in [0.3, 0.4) is 0 Å². The second-order valence-corrected chi connectivity index (χ2v) is 5.26. The molecular weight excluding hydrogens is 317 g/mol. The molecule has 0 amide bonds. The van der Waals surface area contributed by atoms with Gasteiger partial charge in [0, 0.05) is 14.1 Å². The van der Waals surface area contributed by atoms with Crippen LogP contribution in [0.2, 0.25) is 0 Å². The molecule has 0 unspecified atom stereocenters. The fraction of sp³-hybridized carbons (Fsp3) is 0.312. The van der Waals surface area contributed by atoms with Gasteiger partial charge in [0.15, 0.2) is 5.56 Å². The molecule has 0 saturated heterocycles. The zero-order valence-corrected chi connectivity index (χ0v) is 13.8. The molecule has 0 aliphatic rings. The number of carbonyl (C=O) groups excluding carboxylic acids is 1. The molecule has 0 radical (unpaired) electrons.